The van der Waals surface area contributed by atoms with Crippen molar-refractivity contribution in [3.8, 4) is 0 Å². The molecule has 4 nitrogen and oxygen atoms in total. The topological polar surface area (TPSA) is 43.6 Å². The van der Waals surface area contributed by atoms with E-state index in [9.17, 15) is 4.79 Å². The van der Waals surface area contributed by atoms with Gasteiger partial charge in [-0.25, -0.2) is 0 Å². The first-order valence-electron chi connectivity index (χ1n) is 8.66. The predicted molar refractivity (Wildman–Crippen MR) is 107 cm³/mol. The molecule has 0 spiro atoms. The second-order valence-corrected chi connectivity index (χ2v) is 7.68. The molecule has 0 aliphatic carbocycles. The fourth-order valence-corrected chi connectivity index (χ4v) is 4.05. The highest BCUT2D eigenvalue weighted by atomic mass is 32.1. The molecule has 1 amide bonds. The molecule has 0 atom stereocenters. The highest BCUT2D eigenvalue weighted by Crippen LogP contribution is 2.22. The Morgan fingerprint density at radius 3 is 2.54 bits per heavy atom. The van der Waals surface area contributed by atoms with Gasteiger partial charge in [0.05, 0.1) is 16.8 Å². The van der Waals surface area contributed by atoms with Crippen LogP contribution in [0.15, 0.2) is 35.3 Å². The Balaban J connectivity index is 2.17. The lowest BCUT2D eigenvalue weighted by Gasteiger charge is -2.06. The summed E-state index contributed by atoms with van der Waals surface area (Å²) in [7, 11) is 1.68. The van der Waals surface area contributed by atoms with Crippen LogP contribution >= 0.6 is 11.3 Å². The number of carbonyl (C=O) groups is 1. The first-order chi connectivity index (χ1) is 12.4. The minimum atomic E-state index is -0.197. The predicted octanol–water partition coefficient (Wildman–Crippen LogP) is 4.32. The Morgan fingerprint density at radius 1 is 1.08 bits per heavy atom. The smallest absolute Gasteiger partial charge is 0.279 e. The van der Waals surface area contributed by atoms with Gasteiger partial charge >= 0.3 is 0 Å². The van der Waals surface area contributed by atoms with Crippen LogP contribution in [-0.2, 0) is 11.3 Å². The largest absolute Gasteiger partial charge is 0.383 e. The van der Waals surface area contributed by atoms with Crippen molar-refractivity contribution in [3.63, 3.8) is 0 Å². The molecule has 0 unspecified atom stereocenters. The molecule has 2 aromatic carbocycles. The lowest BCUT2D eigenvalue weighted by molar-refractivity contribution is 0.0996. The van der Waals surface area contributed by atoms with E-state index in [1.165, 1.54) is 11.1 Å². The molecule has 0 bridgehead atoms. The number of nitrogens with zero attached hydrogens (tertiary/aromatic N) is 2. The van der Waals surface area contributed by atoms with Crippen LogP contribution in [0.2, 0.25) is 0 Å². The maximum Gasteiger partial charge on any atom is 0.279 e. The van der Waals surface area contributed by atoms with Gasteiger partial charge in [-0.2, -0.15) is 4.99 Å². The minimum absolute atomic E-state index is 0.197. The van der Waals surface area contributed by atoms with E-state index < -0.39 is 0 Å². The van der Waals surface area contributed by atoms with E-state index in [0.29, 0.717) is 23.5 Å². The van der Waals surface area contributed by atoms with Crippen molar-refractivity contribution < 1.29 is 9.53 Å². The SMILES string of the molecule is COCCn1c(=NC(=O)c2cc(C)ccc2C)sc2cc(C)c(C)cc21. The molecular formula is C21H24N2O2S. The zero-order valence-electron chi connectivity index (χ0n) is 15.9. The molecule has 0 fully saturated rings. The summed E-state index contributed by atoms with van der Waals surface area (Å²) in [6.07, 6.45) is 0. The van der Waals surface area contributed by atoms with Crippen molar-refractivity contribution in [1.82, 2.24) is 4.57 Å². The van der Waals surface area contributed by atoms with Crippen LogP contribution in [0.3, 0.4) is 0 Å². The Kier molecular flexibility index (Phi) is 5.39. The van der Waals surface area contributed by atoms with Crippen molar-refractivity contribution >= 4 is 27.5 Å². The summed E-state index contributed by atoms with van der Waals surface area (Å²) in [5, 5.41) is 0. The highest BCUT2D eigenvalue weighted by Gasteiger charge is 2.12. The van der Waals surface area contributed by atoms with Gasteiger partial charge in [0, 0.05) is 19.2 Å². The molecule has 0 aliphatic rings. The van der Waals surface area contributed by atoms with Crippen LogP contribution in [0.1, 0.15) is 32.6 Å². The second kappa shape index (κ2) is 7.56. The summed E-state index contributed by atoms with van der Waals surface area (Å²) < 4.78 is 8.47. The summed E-state index contributed by atoms with van der Waals surface area (Å²) in [6.45, 7) is 9.37. The monoisotopic (exact) mass is 368 g/mol. The lowest BCUT2D eigenvalue weighted by Crippen LogP contribution is -2.19. The standard InChI is InChI=1S/C21H24N2O2S/c1-13-6-7-14(2)17(10-13)20(24)22-21-23(8-9-25-5)18-11-15(3)16(4)12-19(18)26-21/h6-7,10-12H,8-9H2,1-5H3. The van der Waals surface area contributed by atoms with E-state index in [1.807, 2.05) is 32.0 Å². The van der Waals surface area contributed by atoms with Gasteiger partial charge in [-0.15, -0.1) is 0 Å². The van der Waals surface area contributed by atoms with Crippen molar-refractivity contribution in [2.45, 2.75) is 34.2 Å². The van der Waals surface area contributed by atoms with Gasteiger partial charge < -0.3 is 9.30 Å². The summed E-state index contributed by atoms with van der Waals surface area (Å²) in [6, 6.07) is 10.2. The van der Waals surface area contributed by atoms with E-state index in [4.69, 9.17) is 4.74 Å². The molecule has 136 valence electrons. The highest BCUT2D eigenvalue weighted by molar-refractivity contribution is 7.16. The summed E-state index contributed by atoms with van der Waals surface area (Å²) in [4.78, 5) is 18.0. The molecule has 0 N–H and O–H groups in total. The van der Waals surface area contributed by atoms with E-state index >= 15 is 0 Å². The zero-order chi connectivity index (χ0) is 18.8. The van der Waals surface area contributed by atoms with Crippen molar-refractivity contribution in [2.75, 3.05) is 13.7 Å². The van der Waals surface area contributed by atoms with Crippen LogP contribution in [0, 0.1) is 27.7 Å². The average Bonchev–Trinajstić information content (AvgIpc) is 2.91. The van der Waals surface area contributed by atoms with Gasteiger partial charge in [0.1, 0.15) is 0 Å². The Morgan fingerprint density at radius 2 is 1.81 bits per heavy atom. The molecule has 0 saturated heterocycles. The Hall–Kier alpha value is -2.24. The Bertz CT molecular complexity index is 1040. The van der Waals surface area contributed by atoms with Crippen LogP contribution in [0.5, 0.6) is 0 Å². The van der Waals surface area contributed by atoms with E-state index in [1.54, 1.807) is 18.4 Å². The summed E-state index contributed by atoms with van der Waals surface area (Å²) in [5.41, 5.74) is 6.24. The van der Waals surface area contributed by atoms with Crippen molar-refractivity contribution in [2.24, 2.45) is 4.99 Å². The molecule has 26 heavy (non-hydrogen) atoms. The second-order valence-electron chi connectivity index (χ2n) is 6.67. The number of thiazole rings is 1. The summed E-state index contributed by atoms with van der Waals surface area (Å²) in [5.74, 6) is -0.197. The van der Waals surface area contributed by atoms with Gasteiger partial charge in [0.25, 0.3) is 5.91 Å². The number of methoxy groups -OCH3 is 1. The number of aromatic nitrogens is 1. The number of hydrogen-bond acceptors (Lipinski definition) is 3. The third kappa shape index (κ3) is 3.64. The number of amides is 1. The van der Waals surface area contributed by atoms with Gasteiger partial charge in [-0.3, -0.25) is 4.79 Å². The van der Waals surface area contributed by atoms with Gasteiger partial charge in [0.15, 0.2) is 4.80 Å². The van der Waals surface area contributed by atoms with Crippen LogP contribution in [-0.4, -0.2) is 24.2 Å². The summed E-state index contributed by atoms with van der Waals surface area (Å²) >= 11 is 1.55. The molecule has 1 heterocycles. The number of rotatable bonds is 4. The molecule has 3 aromatic rings. The third-order valence-electron chi connectivity index (χ3n) is 4.64. The minimum Gasteiger partial charge on any atom is -0.383 e. The first-order valence-corrected chi connectivity index (χ1v) is 9.48. The number of fused-ring (bicyclic) bond motifs is 1. The quantitative estimate of drug-likeness (QED) is 0.688. The van der Waals surface area contributed by atoms with Crippen LogP contribution in [0.25, 0.3) is 10.2 Å². The van der Waals surface area contributed by atoms with Crippen LogP contribution in [0.4, 0.5) is 0 Å². The molecule has 1 aromatic heterocycles. The number of benzene rings is 2. The number of aryl methyl sites for hydroxylation is 4. The van der Waals surface area contributed by atoms with E-state index in [2.05, 4.69) is 35.5 Å². The fourth-order valence-electron chi connectivity index (χ4n) is 2.92. The Labute approximate surface area is 157 Å². The molecule has 3 rings (SSSR count). The van der Waals surface area contributed by atoms with Crippen molar-refractivity contribution in [3.05, 3.63) is 63.0 Å². The molecule has 5 heteroatoms. The lowest BCUT2D eigenvalue weighted by atomic mass is 10.1. The van der Waals surface area contributed by atoms with Gasteiger partial charge in [-0.1, -0.05) is 29.0 Å². The third-order valence-corrected chi connectivity index (χ3v) is 5.68. The number of carbonyl (C=O) groups excluding carboxylic acids is 1. The average molecular weight is 369 g/mol. The molecule has 0 saturated carbocycles. The number of hydrogen-bond donors (Lipinski definition) is 0. The fraction of sp³-hybridized carbons (Fsp3) is 0.333. The maximum atomic E-state index is 12.8. The normalized spacial score (nSPS) is 12.1. The van der Waals surface area contributed by atoms with E-state index in [-0.39, 0.29) is 5.91 Å². The van der Waals surface area contributed by atoms with Gasteiger partial charge in [-0.05, 0) is 62.6 Å². The zero-order valence-corrected chi connectivity index (χ0v) is 16.7. The van der Waals surface area contributed by atoms with E-state index in [0.717, 1.165) is 21.3 Å². The molecule has 0 radical (unpaired) electrons. The maximum absolute atomic E-state index is 12.8. The first kappa shape index (κ1) is 18.5. The van der Waals surface area contributed by atoms with Crippen molar-refractivity contribution in [1.29, 1.82) is 0 Å². The molecular weight excluding hydrogens is 344 g/mol. The molecule has 0 aliphatic heterocycles. The van der Waals surface area contributed by atoms with Crippen LogP contribution < -0.4 is 4.80 Å². The van der Waals surface area contributed by atoms with Gasteiger partial charge in [0.2, 0.25) is 0 Å². The number of ether oxygens (including phenoxy) is 1.